The predicted octanol–water partition coefficient (Wildman–Crippen LogP) is 3.20. The van der Waals surface area contributed by atoms with Crippen molar-refractivity contribution >= 4 is 35.1 Å². The van der Waals surface area contributed by atoms with Crippen molar-refractivity contribution in [1.82, 2.24) is 4.90 Å². The van der Waals surface area contributed by atoms with E-state index in [0.717, 1.165) is 17.0 Å². The fourth-order valence-corrected chi connectivity index (χ4v) is 2.55. The third-order valence-electron chi connectivity index (χ3n) is 3.90. The number of hydrogen-bond donors (Lipinski definition) is 1. The minimum Gasteiger partial charge on any atom is -0.493 e. The van der Waals surface area contributed by atoms with Crippen molar-refractivity contribution in [2.45, 2.75) is 6.61 Å². The van der Waals surface area contributed by atoms with Gasteiger partial charge in [-0.25, -0.2) is 4.79 Å². The number of esters is 1. The van der Waals surface area contributed by atoms with Crippen LogP contribution in [-0.2, 0) is 14.3 Å². The first-order valence-corrected chi connectivity index (χ1v) is 9.17. The van der Waals surface area contributed by atoms with Crippen LogP contribution in [0, 0.1) is 0 Å². The number of halogens is 3. The second-order valence-corrected chi connectivity index (χ2v) is 6.51. The van der Waals surface area contributed by atoms with E-state index in [0.29, 0.717) is 10.7 Å². The Balaban J connectivity index is 1.89. The summed E-state index contributed by atoms with van der Waals surface area (Å²) in [7, 11) is 2.58. The molecule has 0 bridgehead atoms. The molecule has 166 valence electrons. The van der Waals surface area contributed by atoms with Gasteiger partial charge in [-0.05, 0) is 30.3 Å². The molecule has 0 spiro atoms. The SMILES string of the molecule is COc1cc(C(=O)OCC(=O)N(C)CC(=O)Nc2ccccc2Cl)ccc1OC(F)F. The van der Waals surface area contributed by atoms with Gasteiger partial charge in [0.1, 0.15) is 0 Å². The molecule has 2 rings (SSSR count). The van der Waals surface area contributed by atoms with Gasteiger partial charge in [0.25, 0.3) is 5.91 Å². The number of likely N-dealkylation sites (N-methyl/N-ethyl adjacent to an activating group) is 1. The molecule has 0 saturated carbocycles. The van der Waals surface area contributed by atoms with Crippen LogP contribution in [-0.4, -0.2) is 56.6 Å². The van der Waals surface area contributed by atoms with E-state index in [1.165, 1.54) is 20.2 Å². The van der Waals surface area contributed by atoms with Crippen LogP contribution in [0.25, 0.3) is 0 Å². The fourth-order valence-electron chi connectivity index (χ4n) is 2.36. The highest BCUT2D eigenvalue weighted by atomic mass is 35.5. The fraction of sp³-hybridized carbons (Fsp3) is 0.250. The zero-order valence-corrected chi connectivity index (χ0v) is 17.3. The lowest BCUT2D eigenvalue weighted by molar-refractivity contribution is -0.136. The van der Waals surface area contributed by atoms with Crippen LogP contribution in [0.2, 0.25) is 5.02 Å². The summed E-state index contributed by atoms with van der Waals surface area (Å²) >= 11 is 5.96. The van der Waals surface area contributed by atoms with Gasteiger partial charge >= 0.3 is 12.6 Å². The molecule has 0 aromatic heterocycles. The molecular weight excluding hydrogens is 438 g/mol. The van der Waals surface area contributed by atoms with Crippen LogP contribution in [0.5, 0.6) is 11.5 Å². The van der Waals surface area contributed by atoms with Gasteiger partial charge in [0.05, 0.1) is 29.9 Å². The lowest BCUT2D eigenvalue weighted by atomic mass is 10.2. The second-order valence-electron chi connectivity index (χ2n) is 6.10. The summed E-state index contributed by atoms with van der Waals surface area (Å²) in [5.74, 6) is -2.37. The van der Waals surface area contributed by atoms with Crippen molar-refractivity contribution in [3.8, 4) is 11.5 Å². The number of methoxy groups -OCH3 is 1. The zero-order chi connectivity index (χ0) is 23.0. The normalized spacial score (nSPS) is 10.4. The van der Waals surface area contributed by atoms with Crippen LogP contribution in [0.1, 0.15) is 10.4 Å². The summed E-state index contributed by atoms with van der Waals surface area (Å²) in [4.78, 5) is 37.4. The summed E-state index contributed by atoms with van der Waals surface area (Å²) in [6, 6.07) is 10.1. The van der Waals surface area contributed by atoms with Crippen LogP contribution >= 0.6 is 11.6 Å². The maximum atomic E-state index is 12.4. The number of ether oxygens (including phenoxy) is 3. The first-order valence-electron chi connectivity index (χ1n) is 8.79. The number of nitrogens with zero attached hydrogens (tertiary/aromatic N) is 1. The predicted molar refractivity (Wildman–Crippen MR) is 108 cm³/mol. The van der Waals surface area contributed by atoms with Crippen LogP contribution in [0.15, 0.2) is 42.5 Å². The first kappa shape index (κ1) is 23.9. The van der Waals surface area contributed by atoms with Crippen molar-refractivity contribution in [2.24, 2.45) is 0 Å². The van der Waals surface area contributed by atoms with E-state index in [2.05, 4.69) is 10.1 Å². The Morgan fingerprint density at radius 1 is 1.13 bits per heavy atom. The lowest BCUT2D eigenvalue weighted by Crippen LogP contribution is -2.37. The molecule has 2 amide bonds. The maximum Gasteiger partial charge on any atom is 0.387 e. The van der Waals surface area contributed by atoms with Gasteiger partial charge in [-0.2, -0.15) is 8.78 Å². The highest BCUT2D eigenvalue weighted by Crippen LogP contribution is 2.29. The standard InChI is InChI=1S/C20H19ClF2N2O6/c1-25(10-17(26)24-14-6-4-3-5-13(14)21)18(27)11-30-19(28)12-7-8-15(31-20(22)23)16(9-12)29-2/h3-9,20H,10-11H2,1-2H3,(H,24,26). The van der Waals surface area contributed by atoms with E-state index < -0.39 is 31.0 Å². The molecule has 11 heteroatoms. The molecule has 2 aromatic carbocycles. The molecule has 1 N–H and O–H groups in total. The molecule has 0 aliphatic carbocycles. The molecule has 31 heavy (non-hydrogen) atoms. The molecule has 8 nitrogen and oxygen atoms in total. The summed E-state index contributed by atoms with van der Waals surface area (Å²) < 4.78 is 38.8. The van der Waals surface area contributed by atoms with E-state index >= 15 is 0 Å². The number of carbonyl (C=O) groups is 3. The number of rotatable bonds is 9. The highest BCUT2D eigenvalue weighted by molar-refractivity contribution is 6.33. The topological polar surface area (TPSA) is 94.2 Å². The number of carbonyl (C=O) groups excluding carboxylic acids is 3. The van der Waals surface area contributed by atoms with Gasteiger partial charge in [-0.15, -0.1) is 0 Å². The first-order chi connectivity index (χ1) is 14.7. The average molecular weight is 457 g/mol. The van der Waals surface area contributed by atoms with Gasteiger partial charge in [0, 0.05) is 7.05 Å². The second kappa shape index (κ2) is 11.1. The summed E-state index contributed by atoms with van der Waals surface area (Å²) in [5.41, 5.74) is 0.361. The molecule has 0 radical (unpaired) electrons. The quantitative estimate of drug-likeness (QED) is 0.582. The van der Waals surface area contributed by atoms with E-state index in [9.17, 15) is 23.2 Å². The zero-order valence-electron chi connectivity index (χ0n) is 16.6. The number of anilines is 1. The van der Waals surface area contributed by atoms with Crippen molar-refractivity contribution in [1.29, 1.82) is 0 Å². The molecule has 0 aliphatic rings. The minimum absolute atomic E-state index is 0.0367. The van der Waals surface area contributed by atoms with Gasteiger partial charge in [0.15, 0.2) is 18.1 Å². The number of amides is 2. The van der Waals surface area contributed by atoms with Crippen molar-refractivity contribution in [2.75, 3.05) is 32.6 Å². The van der Waals surface area contributed by atoms with Crippen LogP contribution < -0.4 is 14.8 Å². The van der Waals surface area contributed by atoms with E-state index in [-0.39, 0.29) is 23.6 Å². The van der Waals surface area contributed by atoms with E-state index in [4.69, 9.17) is 21.1 Å². The number of nitrogens with one attached hydrogen (secondary N) is 1. The summed E-state index contributed by atoms with van der Waals surface area (Å²) in [6.07, 6.45) is 0. The number of para-hydroxylation sites is 1. The molecule has 2 aromatic rings. The summed E-state index contributed by atoms with van der Waals surface area (Å²) in [6.45, 7) is -3.99. The monoisotopic (exact) mass is 456 g/mol. The molecule has 0 fully saturated rings. The van der Waals surface area contributed by atoms with Gasteiger partial charge in [-0.1, -0.05) is 23.7 Å². The Bertz CT molecular complexity index is 957. The minimum atomic E-state index is -3.06. The Morgan fingerprint density at radius 3 is 2.48 bits per heavy atom. The molecular formula is C20H19ClF2N2O6. The number of hydrogen-bond acceptors (Lipinski definition) is 6. The molecule has 0 saturated heterocycles. The van der Waals surface area contributed by atoms with Crippen molar-refractivity contribution in [3.63, 3.8) is 0 Å². The van der Waals surface area contributed by atoms with Crippen LogP contribution in [0.3, 0.4) is 0 Å². The number of alkyl halides is 2. The van der Waals surface area contributed by atoms with E-state index in [1.807, 2.05) is 0 Å². The van der Waals surface area contributed by atoms with E-state index in [1.54, 1.807) is 24.3 Å². The van der Waals surface area contributed by atoms with Gasteiger partial charge in [0.2, 0.25) is 5.91 Å². The Kier molecular flexibility index (Phi) is 8.56. The largest absolute Gasteiger partial charge is 0.493 e. The van der Waals surface area contributed by atoms with Gasteiger partial charge < -0.3 is 24.4 Å². The van der Waals surface area contributed by atoms with Crippen molar-refractivity contribution < 1.29 is 37.4 Å². The average Bonchev–Trinajstić information content (AvgIpc) is 2.73. The van der Waals surface area contributed by atoms with Crippen molar-refractivity contribution in [3.05, 3.63) is 53.1 Å². The molecule has 0 aliphatic heterocycles. The smallest absolute Gasteiger partial charge is 0.387 e. The Labute approximate surface area is 181 Å². The lowest BCUT2D eigenvalue weighted by Gasteiger charge is -2.17. The Hall–Kier alpha value is -3.40. The number of benzene rings is 2. The third kappa shape index (κ3) is 7.10. The molecule has 0 atom stereocenters. The molecule has 0 heterocycles. The van der Waals surface area contributed by atoms with Gasteiger partial charge in [-0.3, -0.25) is 9.59 Å². The highest BCUT2D eigenvalue weighted by Gasteiger charge is 2.18. The maximum absolute atomic E-state index is 12.4. The third-order valence-corrected chi connectivity index (χ3v) is 4.23. The molecule has 0 unspecified atom stereocenters. The summed E-state index contributed by atoms with van der Waals surface area (Å²) in [5, 5.41) is 2.91. The Morgan fingerprint density at radius 2 is 1.84 bits per heavy atom. The van der Waals surface area contributed by atoms with Crippen LogP contribution in [0.4, 0.5) is 14.5 Å².